The SMILES string of the molecule is CC(=O)c1ccc(N2CC[C@@H](N3CCN(c4ccccc4F)CC3)[C@H](O)C2)nc1. The van der Waals surface area contributed by atoms with Gasteiger partial charge in [-0.05, 0) is 37.6 Å². The van der Waals surface area contributed by atoms with E-state index >= 15 is 0 Å². The third-order valence-corrected chi connectivity index (χ3v) is 6.00. The molecule has 4 rings (SSSR count). The number of β-amino-alcohol motifs (C(OH)–C–C–N with tert-alkyl or cyclic N) is 1. The van der Waals surface area contributed by atoms with Crippen LogP contribution in [-0.2, 0) is 0 Å². The van der Waals surface area contributed by atoms with E-state index in [1.165, 1.54) is 13.0 Å². The van der Waals surface area contributed by atoms with Crippen LogP contribution in [0.1, 0.15) is 23.7 Å². The molecule has 0 radical (unpaired) electrons. The largest absolute Gasteiger partial charge is 0.390 e. The number of hydrogen-bond acceptors (Lipinski definition) is 6. The molecule has 0 aliphatic carbocycles. The number of benzene rings is 1. The zero-order chi connectivity index (χ0) is 20.4. The van der Waals surface area contributed by atoms with Gasteiger partial charge in [-0.25, -0.2) is 9.37 Å². The third-order valence-electron chi connectivity index (χ3n) is 6.00. The molecule has 2 saturated heterocycles. The number of anilines is 2. The van der Waals surface area contributed by atoms with Gasteiger partial charge in [-0.2, -0.15) is 0 Å². The molecule has 1 aromatic heterocycles. The molecule has 2 atom stereocenters. The monoisotopic (exact) mass is 398 g/mol. The highest BCUT2D eigenvalue weighted by Crippen LogP contribution is 2.25. The number of hydrogen-bond donors (Lipinski definition) is 1. The maximum atomic E-state index is 14.0. The number of rotatable bonds is 4. The number of carbonyl (C=O) groups is 1. The number of aliphatic hydroxyl groups is 1. The highest BCUT2D eigenvalue weighted by Gasteiger charge is 2.34. The molecule has 154 valence electrons. The van der Waals surface area contributed by atoms with E-state index in [1.807, 2.05) is 18.2 Å². The average Bonchev–Trinajstić information content (AvgIpc) is 2.74. The fourth-order valence-electron chi connectivity index (χ4n) is 4.34. The minimum Gasteiger partial charge on any atom is -0.390 e. The van der Waals surface area contributed by atoms with Gasteiger partial charge in [0.15, 0.2) is 5.78 Å². The quantitative estimate of drug-likeness (QED) is 0.797. The Morgan fingerprint density at radius 2 is 1.83 bits per heavy atom. The summed E-state index contributed by atoms with van der Waals surface area (Å²) in [6.07, 6.45) is 1.97. The second-order valence-electron chi connectivity index (χ2n) is 7.81. The minimum atomic E-state index is -0.474. The van der Waals surface area contributed by atoms with Crippen LogP contribution in [0.15, 0.2) is 42.6 Å². The van der Waals surface area contributed by atoms with Gasteiger partial charge in [0.2, 0.25) is 0 Å². The molecule has 2 aliphatic heterocycles. The smallest absolute Gasteiger partial charge is 0.161 e. The van der Waals surface area contributed by atoms with Crippen molar-refractivity contribution in [2.45, 2.75) is 25.5 Å². The number of carbonyl (C=O) groups excluding carboxylic acids is 1. The predicted molar refractivity (Wildman–Crippen MR) is 111 cm³/mol. The number of para-hydroxylation sites is 1. The van der Waals surface area contributed by atoms with Crippen molar-refractivity contribution in [3.05, 3.63) is 54.0 Å². The first-order valence-corrected chi connectivity index (χ1v) is 10.2. The highest BCUT2D eigenvalue weighted by atomic mass is 19.1. The summed E-state index contributed by atoms with van der Waals surface area (Å²) in [5, 5.41) is 10.8. The van der Waals surface area contributed by atoms with Crippen molar-refractivity contribution in [2.75, 3.05) is 49.1 Å². The number of nitrogens with zero attached hydrogens (tertiary/aromatic N) is 4. The first kappa shape index (κ1) is 19.8. The van der Waals surface area contributed by atoms with E-state index in [4.69, 9.17) is 0 Å². The second kappa shape index (κ2) is 8.47. The molecule has 1 aromatic carbocycles. The normalized spacial score (nSPS) is 23.3. The molecule has 0 saturated carbocycles. The van der Waals surface area contributed by atoms with Crippen LogP contribution in [0.25, 0.3) is 0 Å². The Kier molecular flexibility index (Phi) is 5.78. The van der Waals surface area contributed by atoms with Crippen molar-refractivity contribution in [3.8, 4) is 0 Å². The molecule has 0 unspecified atom stereocenters. The number of halogens is 1. The summed E-state index contributed by atoms with van der Waals surface area (Å²) in [6.45, 7) is 5.97. The average molecular weight is 398 g/mol. The van der Waals surface area contributed by atoms with E-state index < -0.39 is 6.10 Å². The van der Waals surface area contributed by atoms with Gasteiger partial charge in [0, 0.05) is 57.1 Å². The van der Waals surface area contributed by atoms with Crippen LogP contribution in [0, 0.1) is 5.82 Å². The lowest BCUT2D eigenvalue weighted by molar-refractivity contribution is 0.0336. The van der Waals surface area contributed by atoms with E-state index in [0.29, 0.717) is 17.8 Å². The van der Waals surface area contributed by atoms with Crippen LogP contribution >= 0.6 is 0 Å². The Labute approximate surface area is 170 Å². The first-order valence-electron chi connectivity index (χ1n) is 10.2. The molecule has 2 aliphatic rings. The van der Waals surface area contributed by atoms with Crippen LogP contribution in [-0.4, -0.2) is 72.2 Å². The molecule has 3 heterocycles. The van der Waals surface area contributed by atoms with Crippen molar-refractivity contribution in [1.29, 1.82) is 0 Å². The van der Waals surface area contributed by atoms with E-state index in [2.05, 4.69) is 19.7 Å². The van der Waals surface area contributed by atoms with Crippen molar-refractivity contribution in [3.63, 3.8) is 0 Å². The molecule has 1 N–H and O–H groups in total. The van der Waals surface area contributed by atoms with E-state index in [0.717, 1.165) is 45.0 Å². The first-order chi connectivity index (χ1) is 14.0. The molecule has 0 spiro atoms. The van der Waals surface area contributed by atoms with Crippen molar-refractivity contribution >= 4 is 17.3 Å². The maximum absolute atomic E-state index is 14.0. The molecular weight excluding hydrogens is 371 g/mol. The summed E-state index contributed by atoms with van der Waals surface area (Å²) < 4.78 is 14.0. The predicted octanol–water partition coefficient (Wildman–Crippen LogP) is 2.19. The summed E-state index contributed by atoms with van der Waals surface area (Å²) in [5.41, 5.74) is 1.25. The molecule has 2 aromatic rings. The number of ketones is 1. The third kappa shape index (κ3) is 4.26. The lowest BCUT2D eigenvalue weighted by Crippen LogP contribution is -2.59. The fraction of sp³-hybridized carbons (Fsp3) is 0.455. The van der Waals surface area contributed by atoms with Crippen molar-refractivity contribution < 1.29 is 14.3 Å². The van der Waals surface area contributed by atoms with Gasteiger partial charge < -0.3 is 14.9 Å². The summed E-state index contributed by atoms with van der Waals surface area (Å²) in [4.78, 5) is 22.3. The second-order valence-corrected chi connectivity index (χ2v) is 7.81. The Morgan fingerprint density at radius 1 is 1.07 bits per heavy atom. The molecule has 6 nitrogen and oxygen atoms in total. The number of piperidine rings is 1. The Morgan fingerprint density at radius 3 is 2.45 bits per heavy atom. The number of aliphatic hydroxyl groups excluding tert-OH is 1. The van der Waals surface area contributed by atoms with E-state index in [9.17, 15) is 14.3 Å². The summed E-state index contributed by atoms with van der Waals surface area (Å²) in [7, 11) is 0. The Hall–Kier alpha value is -2.51. The van der Waals surface area contributed by atoms with Gasteiger partial charge in [-0.3, -0.25) is 9.69 Å². The van der Waals surface area contributed by atoms with Crippen LogP contribution in [0.5, 0.6) is 0 Å². The van der Waals surface area contributed by atoms with Gasteiger partial charge in [0.1, 0.15) is 11.6 Å². The van der Waals surface area contributed by atoms with Gasteiger partial charge in [-0.1, -0.05) is 12.1 Å². The lowest BCUT2D eigenvalue weighted by Gasteiger charge is -2.45. The highest BCUT2D eigenvalue weighted by molar-refractivity contribution is 5.93. The van der Waals surface area contributed by atoms with E-state index in [-0.39, 0.29) is 17.6 Å². The standard InChI is InChI=1S/C22H27FN4O2/c1-16(28)17-6-7-22(24-14-17)27-9-8-20(21(29)15-27)26-12-10-25(11-13-26)19-5-3-2-4-18(19)23/h2-7,14,20-21,29H,8-13,15H2,1H3/t20-,21-/m1/s1. The van der Waals surface area contributed by atoms with Crippen LogP contribution in [0.2, 0.25) is 0 Å². The maximum Gasteiger partial charge on any atom is 0.161 e. The lowest BCUT2D eigenvalue weighted by atomic mass is 9.99. The Bertz CT molecular complexity index is 852. The summed E-state index contributed by atoms with van der Waals surface area (Å²) in [6, 6.07) is 10.6. The van der Waals surface area contributed by atoms with E-state index in [1.54, 1.807) is 18.3 Å². The number of piperazine rings is 1. The van der Waals surface area contributed by atoms with Crippen LogP contribution < -0.4 is 9.80 Å². The topological polar surface area (TPSA) is 59.9 Å². The zero-order valence-electron chi connectivity index (χ0n) is 16.7. The minimum absolute atomic E-state index is 0.00248. The zero-order valence-corrected chi connectivity index (χ0v) is 16.7. The van der Waals surface area contributed by atoms with Crippen molar-refractivity contribution in [1.82, 2.24) is 9.88 Å². The van der Waals surface area contributed by atoms with Gasteiger partial charge >= 0.3 is 0 Å². The molecule has 29 heavy (non-hydrogen) atoms. The van der Waals surface area contributed by atoms with Crippen LogP contribution in [0.4, 0.5) is 15.9 Å². The fourth-order valence-corrected chi connectivity index (χ4v) is 4.34. The van der Waals surface area contributed by atoms with Gasteiger partial charge in [0.05, 0.1) is 11.8 Å². The van der Waals surface area contributed by atoms with Gasteiger partial charge in [0.25, 0.3) is 0 Å². The molecule has 2 fully saturated rings. The van der Waals surface area contributed by atoms with Crippen molar-refractivity contribution in [2.24, 2.45) is 0 Å². The molecule has 0 amide bonds. The summed E-state index contributed by atoms with van der Waals surface area (Å²) >= 11 is 0. The number of Topliss-reactive ketones (excluding diaryl/α,β-unsaturated/α-hetero) is 1. The number of aromatic nitrogens is 1. The number of pyridine rings is 1. The van der Waals surface area contributed by atoms with Gasteiger partial charge in [-0.15, -0.1) is 0 Å². The molecular formula is C22H27FN4O2. The molecule has 7 heteroatoms. The molecule has 0 bridgehead atoms. The Balaban J connectivity index is 1.34. The summed E-state index contributed by atoms with van der Waals surface area (Å²) in [5.74, 6) is 0.603. The van der Waals surface area contributed by atoms with Crippen LogP contribution in [0.3, 0.4) is 0 Å².